The summed E-state index contributed by atoms with van der Waals surface area (Å²) >= 11 is 0. The molecule has 194 valence electrons. The quantitative estimate of drug-likeness (QED) is 0.276. The number of aryl methyl sites for hydroxylation is 4. The van der Waals surface area contributed by atoms with Crippen LogP contribution in [0.5, 0.6) is 11.5 Å². The summed E-state index contributed by atoms with van der Waals surface area (Å²) in [5, 5.41) is 9.36. The number of aliphatic carboxylic acids is 1. The third-order valence-corrected chi connectivity index (χ3v) is 7.02. The van der Waals surface area contributed by atoms with E-state index in [1.807, 2.05) is 52.0 Å². The molecule has 0 aromatic heterocycles. The van der Waals surface area contributed by atoms with Crippen molar-refractivity contribution < 1.29 is 24.2 Å². The zero-order valence-electron chi connectivity index (χ0n) is 22.6. The smallest absolute Gasteiger partial charge is 0.347 e. The fourth-order valence-electron chi connectivity index (χ4n) is 4.93. The minimum atomic E-state index is -1.33. The lowest BCUT2D eigenvalue weighted by atomic mass is 9.87. The van der Waals surface area contributed by atoms with E-state index in [4.69, 9.17) is 9.47 Å². The molecule has 0 amide bonds. The number of carbonyl (C=O) groups excluding carboxylic acids is 1. The Morgan fingerprint density at radius 1 is 0.917 bits per heavy atom. The second-order valence-corrected chi connectivity index (χ2v) is 10.7. The molecular formula is C31H40O5. The summed E-state index contributed by atoms with van der Waals surface area (Å²) in [6.07, 6.45) is 11.1. The highest BCUT2D eigenvalue weighted by Gasteiger charge is 2.30. The average Bonchev–Trinajstić information content (AvgIpc) is 2.82. The number of allylic oxidation sites excluding steroid dienone is 1. The molecule has 0 unspecified atom stereocenters. The van der Waals surface area contributed by atoms with Gasteiger partial charge < -0.3 is 14.6 Å². The van der Waals surface area contributed by atoms with E-state index < -0.39 is 11.6 Å². The molecule has 5 heteroatoms. The largest absolute Gasteiger partial charge is 0.493 e. The molecule has 2 aromatic rings. The summed E-state index contributed by atoms with van der Waals surface area (Å²) in [5.74, 6) is 1.12. The molecule has 0 saturated heterocycles. The zero-order valence-corrected chi connectivity index (χ0v) is 22.6. The van der Waals surface area contributed by atoms with Crippen LogP contribution in [0.25, 0.3) is 6.08 Å². The number of ether oxygens (including phenoxy) is 2. The summed E-state index contributed by atoms with van der Waals surface area (Å²) in [4.78, 5) is 24.4. The van der Waals surface area contributed by atoms with E-state index in [2.05, 4.69) is 0 Å². The third kappa shape index (κ3) is 6.99. The van der Waals surface area contributed by atoms with Gasteiger partial charge >= 0.3 is 5.97 Å². The molecule has 0 spiro atoms. The number of hydrogen-bond acceptors (Lipinski definition) is 4. The summed E-state index contributed by atoms with van der Waals surface area (Å²) < 4.78 is 11.9. The first kappa shape index (κ1) is 27.5. The minimum absolute atomic E-state index is 0.0717. The SMILES string of the molecule is Cc1cc(C(=O)/C=C/c2cc(C)c(OC(C)(C)C(=O)O)c(C)c2)cc(C)c1OCCC1CCCCC1. The maximum Gasteiger partial charge on any atom is 0.347 e. The summed E-state index contributed by atoms with van der Waals surface area (Å²) in [6.45, 7) is 11.5. The first-order valence-electron chi connectivity index (χ1n) is 13.0. The number of rotatable bonds is 10. The van der Waals surface area contributed by atoms with Gasteiger partial charge in [-0.2, -0.15) is 0 Å². The molecule has 5 nitrogen and oxygen atoms in total. The van der Waals surface area contributed by atoms with Gasteiger partial charge in [-0.15, -0.1) is 0 Å². The van der Waals surface area contributed by atoms with Crippen LogP contribution >= 0.6 is 0 Å². The van der Waals surface area contributed by atoms with Crippen molar-refractivity contribution >= 4 is 17.8 Å². The predicted molar refractivity (Wildman–Crippen MR) is 144 cm³/mol. The maximum atomic E-state index is 12.9. The molecule has 1 fully saturated rings. The Labute approximate surface area is 215 Å². The average molecular weight is 493 g/mol. The van der Waals surface area contributed by atoms with Gasteiger partial charge in [0.1, 0.15) is 11.5 Å². The van der Waals surface area contributed by atoms with E-state index in [0.717, 1.165) is 52.5 Å². The van der Waals surface area contributed by atoms with Crippen molar-refractivity contribution in [2.45, 2.75) is 85.7 Å². The van der Waals surface area contributed by atoms with Crippen molar-refractivity contribution in [1.29, 1.82) is 0 Å². The Kier molecular flexibility index (Phi) is 8.99. The monoisotopic (exact) mass is 492 g/mol. The molecule has 3 rings (SSSR count). The number of benzene rings is 2. The van der Waals surface area contributed by atoms with Crippen LogP contribution in [-0.4, -0.2) is 29.1 Å². The fourth-order valence-corrected chi connectivity index (χ4v) is 4.93. The Hall–Kier alpha value is -3.08. The number of carbonyl (C=O) groups is 2. The van der Waals surface area contributed by atoms with Crippen molar-refractivity contribution in [2.75, 3.05) is 6.61 Å². The number of ketones is 1. The van der Waals surface area contributed by atoms with Gasteiger partial charge in [0.15, 0.2) is 11.4 Å². The Bertz CT molecular complexity index is 1090. The highest BCUT2D eigenvalue weighted by atomic mass is 16.5. The van der Waals surface area contributed by atoms with Gasteiger partial charge in [0, 0.05) is 5.56 Å². The van der Waals surface area contributed by atoms with Crippen LogP contribution in [0.3, 0.4) is 0 Å². The second kappa shape index (κ2) is 11.8. The third-order valence-electron chi connectivity index (χ3n) is 7.02. The molecule has 1 saturated carbocycles. The van der Waals surface area contributed by atoms with Gasteiger partial charge in [-0.3, -0.25) is 4.79 Å². The number of carboxylic acids is 1. The molecule has 0 radical (unpaired) electrons. The summed E-state index contributed by atoms with van der Waals surface area (Å²) in [5.41, 5.74) is 3.75. The van der Waals surface area contributed by atoms with E-state index >= 15 is 0 Å². The van der Waals surface area contributed by atoms with Gasteiger partial charge in [0.05, 0.1) is 6.61 Å². The Morgan fingerprint density at radius 3 is 2.03 bits per heavy atom. The lowest BCUT2D eigenvalue weighted by Crippen LogP contribution is -2.38. The normalized spacial score (nSPS) is 14.7. The number of hydrogen-bond donors (Lipinski definition) is 1. The van der Waals surface area contributed by atoms with E-state index in [9.17, 15) is 14.7 Å². The summed E-state index contributed by atoms with van der Waals surface area (Å²) in [7, 11) is 0. The first-order valence-corrected chi connectivity index (χ1v) is 13.0. The van der Waals surface area contributed by atoms with E-state index in [0.29, 0.717) is 11.3 Å². The zero-order chi connectivity index (χ0) is 26.5. The number of carboxylic acid groups (broad SMARTS) is 1. The molecule has 1 N–H and O–H groups in total. The molecule has 2 aromatic carbocycles. The Morgan fingerprint density at radius 2 is 1.47 bits per heavy atom. The van der Waals surface area contributed by atoms with E-state index in [1.54, 1.807) is 12.2 Å². The molecule has 0 bridgehead atoms. The maximum absolute atomic E-state index is 12.9. The topological polar surface area (TPSA) is 72.8 Å². The fraction of sp³-hybridized carbons (Fsp3) is 0.484. The van der Waals surface area contributed by atoms with Gasteiger partial charge in [-0.25, -0.2) is 4.79 Å². The minimum Gasteiger partial charge on any atom is -0.493 e. The van der Waals surface area contributed by atoms with Crippen molar-refractivity contribution in [3.63, 3.8) is 0 Å². The van der Waals surface area contributed by atoms with Crippen LogP contribution in [0.1, 0.15) is 90.5 Å². The van der Waals surface area contributed by atoms with E-state index in [1.165, 1.54) is 46.0 Å². The molecule has 0 atom stereocenters. The predicted octanol–water partition coefficient (Wildman–Crippen LogP) is 7.41. The lowest BCUT2D eigenvalue weighted by molar-refractivity contribution is -0.152. The molecule has 0 heterocycles. The lowest BCUT2D eigenvalue weighted by Gasteiger charge is -2.24. The van der Waals surface area contributed by atoms with Gasteiger partial charge in [-0.05, 0) is 112 Å². The first-order chi connectivity index (χ1) is 17.0. The Balaban J connectivity index is 1.67. The van der Waals surface area contributed by atoms with Crippen molar-refractivity contribution in [3.05, 3.63) is 63.7 Å². The molecule has 1 aliphatic rings. The van der Waals surface area contributed by atoms with Crippen molar-refractivity contribution in [3.8, 4) is 11.5 Å². The van der Waals surface area contributed by atoms with Gasteiger partial charge in [0.25, 0.3) is 0 Å². The highest BCUT2D eigenvalue weighted by molar-refractivity contribution is 6.07. The van der Waals surface area contributed by atoms with Crippen LogP contribution in [0.15, 0.2) is 30.3 Å². The van der Waals surface area contributed by atoms with Crippen LogP contribution in [0, 0.1) is 33.6 Å². The molecule has 0 aliphatic heterocycles. The van der Waals surface area contributed by atoms with Crippen molar-refractivity contribution in [2.24, 2.45) is 5.92 Å². The van der Waals surface area contributed by atoms with E-state index in [-0.39, 0.29) is 5.78 Å². The van der Waals surface area contributed by atoms with Crippen molar-refractivity contribution in [1.82, 2.24) is 0 Å². The second-order valence-electron chi connectivity index (χ2n) is 10.7. The molecular weight excluding hydrogens is 452 g/mol. The molecule has 1 aliphatic carbocycles. The standard InChI is InChI=1S/C31H40O5/c1-20-16-25(17-21(2)29(20)36-31(5,6)30(33)34)12-13-27(32)26-18-22(3)28(23(4)19-26)35-15-14-24-10-8-7-9-11-24/h12-13,16-19,24H,7-11,14-15H2,1-6H3,(H,33,34)/b13-12+. The van der Waals surface area contributed by atoms with Gasteiger partial charge in [-0.1, -0.05) is 38.2 Å². The van der Waals surface area contributed by atoms with Crippen LogP contribution in [0.2, 0.25) is 0 Å². The summed E-state index contributed by atoms with van der Waals surface area (Å²) in [6, 6.07) is 7.58. The van der Waals surface area contributed by atoms with Crippen LogP contribution in [-0.2, 0) is 4.79 Å². The van der Waals surface area contributed by atoms with Crippen LogP contribution < -0.4 is 9.47 Å². The highest BCUT2D eigenvalue weighted by Crippen LogP contribution is 2.31. The van der Waals surface area contributed by atoms with Gasteiger partial charge in [0.2, 0.25) is 0 Å². The van der Waals surface area contributed by atoms with Crippen LogP contribution in [0.4, 0.5) is 0 Å². The molecule has 36 heavy (non-hydrogen) atoms.